The van der Waals surface area contributed by atoms with Crippen molar-refractivity contribution in [1.82, 2.24) is 14.6 Å². The first-order valence-corrected chi connectivity index (χ1v) is 15.2. The summed E-state index contributed by atoms with van der Waals surface area (Å²) in [6, 6.07) is 1.26. The molecule has 0 radical (unpaired) electrons. The molecule has 1 saturated heterocycles. The number of hydrogen-bond donors (Lipinski definition) is 5. The van der Waals surface area contributed by atoms with Crippen molar-refractivity contribution in [3.63, 3.8) is 0 Å². The number of nitrogens with zero attached hydrogens (tertiary/aromatic N) is 2. The number of thioether (sulfide) groups is 1. The van der Waals surface area contributed by atoms with E-state index in [2.05, 4.69) is 10.1 Å². The van der Waals surface area contributed by atoms with Crippen molar-refractivity contribution in [3.8, 4) is 0 Å². The standard InChI is InChI=1S/C23H39N4O9PS/c1-22(2,14-28)20(30)38-12-11-34-37(33,26-15-7-5-4-6-8-15)35-13-16-18(29)23(3,32)19(36-16)27-10-9-17(24)25-21(27)31/h9-10,15-16,18-19,28-29,32H,4-8,11-14H2,1-3H3,(H,26,33)(H2,24,25,31)/t16-,18?,19-,23+,37?/m1/s1. The predicted molar refractivity (Wildman–Crippen MR) is 141 cm³/mol. The Hall–Kier alpha value is -1.35. The highest BCUT2D eigenvalue weighted by atomic mass is 32.2. The number of carbonyl (C=O) groups excluding carboxylic acids is 1. The summed E-state index contributed by atoms with van der Waals surface area (Å²) in [6.45, 7) is 3.79. The van der Waals surface area contributed by atoms with Gasteiger partial charge in [-0.25, -0.2) is 14.4 Å². The lowest BCUT2D eigenvalue weighted by Gasteiger charge is -2.29. The van der Waals surface area contributed by atoms with Gasteiger partial charge in [-0.05, 0) is 39.7 Å². The third kappa shape index (κ3) is 7.64. The normalized spacial score (nSPS) is 28.3. The van der Waals surface area contributed by atoms with Crippen LogP contribution in [0.25, 0.3) is 0 Å². The summed E-state index contributed by atoms with van der Waals surface area (Å²) in [5.74, 6) is 0.185. The van der Waals surface area contributed by atoms with Crippen LogP contribution in [0, 0.1) is 5.41 Å². The third-order valence-corrected chi connectivity index (χ3v) is 9.62. The average molecular weight is 579 g/mol. The van der Waals surface area contributed by atoms with E-state index in [0.717, 1.165) is 48.4 Å². The number of aromatic nitrogens is 2. The molecule has 13 nitrogen and oxygen atoms in total. The molecule has 1 aliphatic heterocycles. The van der Waals surface area contributed by atoms with Gasteiger partial charge in [-0.3, -0.25) is 18.4 Å². The molecule has 3 rings (SSSR count). The molecule has 2 heterocycles. The van der Waals surface area contributed by atoms with E-state index in [1.165, 1.54) is 19.2 Å². The molecule has 1 aromatic rings. The Morgan fingerprint density at radius 2 is 2.05 bits per heavy atom. The number of nitrogen functional groups attached to an aromatic ring is 1. The van der Waals surface area contributed by atoms with Gasteiger partial charge in [0.1, 0.15) is 23.6 Å². The lowest BCUT2D eigenvalue weighted by Crippen LogP contribution is -2.46. The quantitative estimate of drug-likeness (QED) is 0.175. The topological polar surface area (TPSA) is 195 Å². The minimum Gasteiger partial charge on any atom is -0.395 e. The lowest BCUT2D eigenvalue weighted by molar-refractivity contribution is -0.119. The molecule has 1 aromatic heterocycles. The van der Waals surface area contributed by atoms with Gasteiger partial charge in [-0.15, -0.1) is 0 Å². The van der Waals surface area contributed by atoms with Crippen LogP contribution in [0.5, 0.6) is 0 Å². The maximum atomic E-state index is 13.7. The summed E-state index contributed by atoms with van der Waals surface area (Å²) < 4.78 is 31.8. The first kappa shape index (κ1) is 31.2. The molecule has 2 fully saturated rings. The highest BCUT2D eigenvalue weighted by Crippen LogP contribution is 2.47. The van der Waals surface area contributed by atoms with Crippen LogP contribution in [-0.4, -0.2) is 79.4 Å². The van der Waals surface area contributed by atoms with Crippen LogP contribution in [0.3, 0.4) is 0 Å². The van der Waals surface area contributed by atoms with Crippen LogP contribution in [0.1, 0.15) is 59.1 Å². The van der Waals surface area contributed by atoms with Gasteiger partial charge in [-0.1, -0.05) is 31.0 Å². The number of aliphatic hydroxyl groups excluding tert-OH is 2. The van der Waals surface area contributed by atoms with Gasteiger partial charge in [0, 0.05) is 18.0 Å². The first-order chi connectivity index (χ1) is 17.8. The monoisotopic (exact) mass is 578 g/mol. The fourth-order valence-corrected chi connectivity index (χ4v) is 6.81. The van der Waals surface area contributed by atoms with E-state index in [9.17, 15) is 29.5 Å². The SMILES string of the molecule is CC(C)(CO)C(=O)SCCOP(=O)(NC1CCCCC1)OC[C@H]1O[C@@H](n2ccc(N)nc2=O)[C@@](C)(O)C1O. The molecule has 1 aliphatic carbocycles. The fraction of sp³-hybridized carbons (Fsp3) is 0.783. The third-order valence-electron chi connectivity index (χ3n) is 6.74. The van der Waals surface area contributed by atoms with Gasteiger partial charge in [0.15, 0.2) is 11.3 Å². The Bertz CT molecular complexity index is 1060. The highest BCUT2D eigenvalue weighted by Gasteiger charge is 2.54. The molecule has 0 aromatic carbocycles. The van der Waals surface area contributed by atoms with Gasteiger partial charge >= 0.3 is 13.4 Å². The van der Waals surface area contributed by atoms with Gasteiger partial charge in [0.2, 0.25) is 0 Å². The molecule has 2 aliphatic rings. The second-order valence-electron chi connectivity index (χ2n) is 10.5. The van der Waals surface area contributed by atoms with Crippen LogP contribution < -0.4 is 16.5 Å². The zero-order valence-corrected chi connectivity index (χ0v) is 23.7. The number of anilines is 1. The Labute approximate surface area is 226 Å². The predicted octanol–water partition coefficient (Wildman–Crippen LogP) is 1.18. The number of carbonyl (C=O) groups is 1. The van der Waals surface area contributed by atoms with E-state index in [1.807, 2.05) is 0 Å². The van der Waals surface area contributed by atoms with Gasteiger partial charge in [-0.2, -0.15) is 4.98 Å². The van der Waals surface area contributed by atoms with E-state index in [4.69, 9.17) is 19.5 Å². The van der Waals surface area contributed by atoms with Crippen LogP contribution in [0.2, 0.25) is 0 Å². The Balaban J connectivity index is 1.67. The second-order valence-corrected chi connectivity index (χ2v) is 13.3. The summed E-state index contributed by atoms with van der Waals surface area (Å²) in [5.41, 5.74) is 1.96. The molecule has 15 heteroatoms. The number of nitrogens with two attached hydrogens (primary N) is 1. The molecular weight excluding hydrogens is 539 g/mol. The Kier molecular flexibility index (Phi) is 10.6. The van der Waals surface area contributed by atoms with Crippen molar-refractivity contribution in [1.29, 1.82) is 0 Å². The zero-order chi connectivity index (χ0) is 28.1. The molecular formula is C23H39N4O9PS. The van der Waals surface area contributed by atoms with Gasteiger partial charge in [0.05, 0.1) is 25.2 Å². The van der Waals surface area contributed by atoms with E-state index in [-0.39, 0.29) is 35.9 Å². The van der Waals surface area contributed by atoms with E-state index in [1.54, 1.807) is 13.8 Å². The summed E-state index contributed by atoms with van der Waals surface area (Å²) >= 11 is 0.965. The summed E-state index contributed by atoms with van der Waals surface area (Å²) in [5, 5.41) is 33.8. The summed E-state index contributed by atoms with van der Waals surface area (Å²) in [6.07, 6.45) is 1.98. The maximum absolute atomic E-state index is 13.7. The first-order valence-electron chi connectivity index (χ1n) is 12.6. The molecule has 38 heavy (non-hydrogen) atoms. The van der Waals surface area contributed by atoms with Crippen LogP contribution in [-0.2, 0) is 23.1 Å². The fourth-order valence-electron chi connectivity index (χ4n) is 4.27. The molecule has 0 amide bonds. The van der Waals surface area contributed by atoms with Crippen molar-refractivity contribution >= 4 is 30.4 Å². The van der Waals surface area contributed by atoms with Crippen molar-refractivity contribution in [2.45, 2.75) is 83.0 Å². The largest absolute Gasteiger partial charge is 0.405 e. The number of rotatable bonds is 12. The van der Waals surface area contributed by atoms with Crippen LogP contribution in [0.15, 0.2) is 17.1 Å². The van der Waals surface area contributed by atoms with E-state index in [0.29, 0.717) is 0 Å². The van der Waals surface area contributed by atoms with Crippen molar-refractivity contribution in [2.24, 2.45) is 5.41 Å². The summed E-state index contributed by atoms with van der Waals surface area (Å²) in [4.78, 5) is 28.2. The molecule has 5 atom stereocenters. The number of nitrogens with one attached hydrogen (secondary N) is 1. The maximum Gasteiger partial charge on any atom is 0.405 e. The lowest BCUT2D eigenvalue weighted by atomic mass is 9.96. The Morgan fingerprint density at radius 1 is 1.37 bits per heavy atom. The number of ether oxygens (including phenoxy) is 1. The van der Waals surface area contributed by atoms with Crippen molar-refractivity contribution in [3.05, 3.63) is 22.7 Å². The molecule has 216 valence electrons. The molecule has 1 saturated carbocycles. The van der Waals surface area contributed by atoms with E-state index < -0.39 is 49.5 Å². The second kappa shape index (κ2) is 12.9. The molecule has 0 spiro atoms. The van der Waals surface area contributed by atoms with Gasteiger partial charge < -0.3 is 25.8 Å². The van der Waals surface area contributed by atoms with Crippen LogP contribution >= 0.6 is 19.5 Å². The number of aliphatic hydroxyl groups is 3. The molecule has 0 bridgehead atoms. The Morgan fingerprint density at radius 3 is 2.68 bits per heavy atom. The highest BCUT2D eigenvalue weighted by molar-refractivity contribution is 8.13. The molecule has 2 unspecified atom stereocenters. The smallest absolute Gasteiger partial charge is 0.395 e. The number of hydrogen-bond acceptors (Lipinski definition) is 12. The average Bonchev–Trinajstić information content (AvgIpc) is 3.09. The zero-order valence-electron chi connectivity index (χ0n) is 21.9. The summed E-state index contributed by atoms with van der Waals surface area (Å²) in [7, 11) is -3.92. The van der Waals surface area contributed by atoms with Crippen molar-refractivity contribution < 1.29 is 38.5 Å². The van der Waals surface area contributed by atoms with Gasteiger partial charge in [0.25, 0.3) is 0 Å². The minimum absolute atomic E-state index is 0.00372. The van der Waals surface area contributed by atoms with E-state index >= 15 is 0 Å². The van der Waals surface area contributed by atoms with Crippen molar-refractivity contribution in [2.75, 3.05) is 31.3 Å². The van der Waals surface area contributed by atoms with Crippen LogP contribution in [0.4, 0.5) is 5.82 Å². The molecule has 6 N–H and O–H groups in total. The minimum atomic E-state index is -3.92.